The van der Waals surface area contributed by atoms with Crippen LogP contribution in [0.15, 0.2) is 35.7 Å². The SMILES string of the molecule is CC(C)[C@@H](NC(=O)CCC(=O)c1cccs1)c1ccc2c(c1)OCCO2. The normalized spacial score (nSPS) is 14.1. The summed E-state index contributed by atoms with van der Waals surface area (Å²) >= 11 is 1.40. The minimum Gasteiger partial charge on any atom is -0.486 e. The first-order chi connectivity index (χ1) is 12.5. The van der Waals surface area contributed by atoms with E-state index in [9.17, 15) is 9.59 Å². The van der Waals surface area contributed by atoms with E-state index in [4.69, 9.17) is 9.47 Å². The molecule has 6 heteroatoms. The van der Waals surface area contributed by atoms with Gasteiger partial charge in [0, 0.05) is 12.8 Å². The van der Waals surface area contributed by atoms with Gasteiger partial charge in [0.15, 0.2) is 17.3 Å². The van der Waals surface area contributed by atoms with E-state index in [-0.39, 0.29) is 36.5 Å². The molecule has 1 aromatic carbocycles. The number of fused-ring (bicyclic) bond motifs is 1. The Morgan fingerprint density at radius 2 is 1.88 bits per heavy atom. The summed E-state index contributed by atoms with van der Waals surface area (Å²) in [7, 11) is 0. The van der Waals surface area contributed by atoms with E-state index in [1.165, 1.54) is 11.3 Å². The van der Waals surface area contributed by atoms with Crippen LogP contribution in [0.25, 0.3) is 0 Å². The lowest BCUT2D eigenvalue weighted by Crippen LogP contribution is -2.32. The summed E-state index contributed by atoms with van der Waals surface area (Å²) < 4.78 is 11.2. The van der Waals surface area contributed by atoms with Gasteiger partial charge in [-0.15, -0.1) is 11.3 Å². The zero-order valence-corrected chi connectivity index (χ0v) is 15.8. The molecular weight excluding hydrogens is 350 g/mol. The Morgan fingerprint density at radius 1 is 1.12 bits per heavy atom. The maximum atomic E-state index is 12.4. The molecule has 1 aliphatic rings. The lowest BCUT2D eigenvalue weighted by molar-refractivity contribution is -0.122. The highest BCUT2D eigenvalue weighted by Crippen LogP contribution is 2.34. The number of carbonyl (C=O) groups excluding carboxylic acids is 2. The summed E-state index contributed by atoms with van der Waals surface area (Å²) in [6, 6.07) is 9.25. The quantitative estimate of drug-likeness (QED) is 0.745. The van der Waals surface area contributed by atoms with Crippen molar-refractivity contribution in [3.05, 3.63) is 46.2 Å². The van der Waals surface area contributed by atoms with Gasteiger partial charge in [-0.25, -0.2) is 0 Å². The van der Waals surface area contributed by atoms with Crippen molar-refractivity contribution in [3.8, 4) is 11.5 Å². The van der Waals surface area contributed by atoms with Gasteiger partial charge in [-0.3, -0.25) is 9.59 Å². The second-order valence-electron chi connectivity index (χ2n) is 6.59. The number of Topliss-reactive ketones (excluding diaryl/α,β-unsaturated/α-hetero) is 1. The first kappa shape index (κ1) is 18.5. The maximum absolute atomic E-state index is 12.4. The van der Waals surface area contributed by atoms with Crippen molar-refractivity contribution < 1.29 is 19.1 Å². The van der Waals surface area contributed by atoms with E-state index in [0.717, 1.165) is 11.3 Å². The Kier molecular flexibility index (Phi) is 5.93. The largest absolute Gasteiger partial charge is 0.486 e. The number of ketones is 1. The van der Waals surface area contributed by atoms with Gasteiger partial charge in [-0.2, -0.15) is 0 Å². The number of ether oxygens (including phenoxy) is 2. The van der Waals surface area contributed by atoms with Crippen LogP contribution in [0.2, 0.25) is 0 Å². The smallest absolute Gasteiger partial charge is 0.220 e. The third kappa shape index (κ3) is 4.43. The third-order valence-electron chi connectivity index (χ3n) is 4.28. The van der Waals surface area contributed by atoms with E-state index < -0.39 is 0 Å². The van der Waals surface area contributed by atoms with E-state index in [1.807, 2.05) is 29.6 Å². The molecule has 0 radical (unpaired) electrons. The molecule has 2 aromatic rings. The molecular formula is C20H23NO4S. The minimum absolute atomic E-state index is 0.00979. The Bertz CT molecular complexity index is 770. The van der Waals surface area contributed by atoms with Crippen molar-refractivity contribution in [1.29, 1.82) is 0 Å². The summed E-state index contributed by atoms with van der Waals surface area (Å²) in [6.45, 7) is 5.19. The molecule has 26 heavy (non-hydrogen) atoms. The van der Waals surface area contributed by atoms with Gasteiger partial charge >= 0.3 is 0 Å². The van der Waals surface area contributed by atoms with Gasteiger partial charge in [0.1, 0.15) is 13.2 Å². The fourth-order valence-electron chi connectivity index (χ4n) is 2.92. The predicted molar refractivity (Wildman–Crippen MR) is 101 cm³/mol. The Hall–Kier alpha value is -2.34. The number of carbonyl (C=O) groups is 2. The van der Waals surface area contributed by atoms with Crippen molar-refractivity contribution in [1.82, 2.24) is 5.32 Å². The van der Waals surface area contributed by atoms with Crippen LogP contribution >= 0.6 is 11.3 Å². The van der Waals surface area contributed by atoms with E-state index in [0.29, 0.717) is 23.8 Å². The lowest BCUT2D eigenvalue weighted by atomic mass is 9.95. The van der Waals surface area contributed by atoms with Crippen LogP contribution in [0.3, 0.4) is 0 Å². The maximum Gasteiger partial charge on any atom is 0.220 e. The topological polar surface area (TPSA) is 64.6 Å². The molecule has 2 heterocycles. The first-order valence-corrected chi connectivity index (χ1v) is 9.68. The summed E-state index contributed by atoms with van der Waals surface area (Å²) in [6.07, 6.45) is 0.406. The van der Waals surface area contributed by atoms with Gasteiger partial charge in [0.05, 0.1) is 10.9 Å². The molecule has 0 aliphatic carbocycles. The molecule has 1 aliphatic heterocycles. The first-order valence-electron chi connectivity index (χ1n) is 8.80. The zero-order valence-electron chi connectivity index (χ0n) is 15.0. The highest BCUT2D eigenvalue weighted by Gasteiger charge is 2.22. The van der Waals surface area contributed by atoms with Gasteiger partial charge in [-0.05, 0) is 35.1 Å². The van der Waals surface area contributed by atoms with E-state index >= 15 is 0 Å². The molecule has 0 saturated heterocycles. The predicted octanol–water partition coefficient (Wildman–Crippen LogP) is 4.00. The van der Waals surface area contributed by atoms with Crippen molar-refractivity contribution in [2.24, 2.45) is 5.92 Å². The van der Waals surface area contributed by atoms with Crippen molar-refractivity contribution >= 4 is 23.0 Å². The molecule has 0 saturated carbocycles. The van der Waals surface area contributed by atoms with Gasteiger partial charge in [0.2, 0.25) is 5.91 Å². The molecule has 1 atom stereocenters. The van der Waals surface area contributed by atoms with Crippen molar-refractivity contribution in [2.75, 3.05) is 13.2 Å². The molecule has 1 amide bonds. The fourth-order valence-corrected chi connectivity index (χ4v) is 3.62. The van der Waals surface area contributed by atoms with E-state index in [2.05, 4.69) is 19.2 Å². The highest BCUT2D eigenvalue weighted by molar-refractivity contribution is 7.12. The zero-order chi connectivity index (χ0) is 18.5. The lowest BCUT2D eigenvalue weighted by Gasteiger charge is -2.25. The summed E-state index contributed by atoms with van der Waals surface area (Å²) in [4.78, 5) is 25.1. The van der Waals surface area contributed by atoms with Crippen LogP contribution in [-0.2, 0) is 4.79 Å². The third-order valence-corrected chi connectivity index (χ3v) is 5.19. The van der Waals surface area contributed by atoms with Crippen LogP contribution in [-0.4, -0.2) is 24.9 Å². The molecule has 3 rings (SSSR count). The molecule has 0 bridgehead atoms. The Balaban J connectivity index is 1.63. The number of hydrogen-bond donors (Lipinski definition) is 1. The van der Waals surface area contributed by atoms with Crippen LogP contribution in [0.4, 0.5) is 0 Å². The average Bonchev–Trinajstić information content (AvgIpc) is 3.18. The number of benzene rings is 1. The second-order valence-corrected chi connectivity index (χ2v) is 7.54. The number of amides is 1. The standard InChI is InChI=1S/C20H23NO4S/c1-13(2)20(14-5-7-16-17(12-14)25-10-9-24-16)21-19(23)8-6-15(22)18-4-3-11-26-18/h3-5,7,11-13,20H,6,8-10H2,1-2H3,(H,21,23)/t20-/m1/s1. The van der Waals surface area contributed by atoms with Crippen molar-refractivity contribution in [3.63, 3.8) is 0 Å². The van der Waals surface area contributed by atoms with Crippen LogP contribution in [0.5, 0.6) is 11.5 Å². The molecule has 0 fully saturated rings. The molecule has 0 spiro atoms. The number of hydrogen-bond acceptors (Lipinski definition) is 5. The Labute approximate surface area is 157 Å². The minimum atomic E-state index is -0.143. The summed E-state index contributed by atoms with van der Waals surface area (Å²) in [5.41, 5.74) is 0.974. The second kappa shape index (κ2) is 8.36. The highest BCUT2D eigenvalue weighted by atomic mass is 32.1. The monoisotopic (exact) mass is 373 g/mol. The van der Waals surface area contributed by atoms with Crippen LogP contribution in [0, 0.1) is 5.92 Å². The van der Waals surface area contributed by atoms with Crippen molar-refractivity contribution in [2.45, 2.75) is 32.7 Å². The molecule has 1 N–H and O–H groups in total. The van der Waals surface area contributed by atoms with Crippen LogP contribution in [0.1, 0.15) is 48.0 Å². The van der Waals surface area contributed by atoms with Gasteiger partial charge < -0.3 is 14.8 Å². The average molecular weight is 373 g/mol. The fraction of sp³-hybridized carbons (Fsp3) is 0.400. The number of nitrogens with one attached hydrogen (secondary N) is 1. The van der Waals surface area contributed by atoms with Gasteiger partial charge in [0.25, 0.3) is 0 Å². The molecule has 0 unspecified atom stereocenters. The van der Waals surface area contributed by atoms with Crippen LogP contribution < -0.4 is 14.8 Å². The van der Waals surface area contributed by atoms with E-state index in [1.54, 1.807) is 6.07 Å². The Morgan fingerprint density at radius 3 is 2.58 bits per heavy atom. The molecule has 1 aromatic heterocycles. The number of rotatable bonds is 7. The summed E-state index contributed by atoms with van der Waals surface area (Å²) in [5, 5.41) is 4.92. The number of thiophene rings is 1. The molecule has 138 valence electrons. The molecule has 5 nitrogen and oxygen atoms in total. The van der Waals surface area contributed by atoms with Gasteiger partial charge in [-0.1, -0.05) is 26.0 Å². The summed E-state index contributed by atoms with van der Waals surface area (Å²) in [5.74, 6) is 1.53.